The largest absolute Gasteiger partial charge is 0.508 e. The fraction of sp³-hybridized carbons (Fsp3) is 0.278. The molecule has 0 spiro atoms. The lowest BCUT2D eigenvalue weighted by Gasteiger charge is -2.24. The Morgan fingerprint density at radius 2 is 1.68 bits per heavy atom. The first-order valence-electron chi connectivity index (χ1n) is 7.26. The molecule has 4 heteroatoms. The van der Waals surface area contributed by atoms with Gasteiger partial charge in [-0.05, 0) is 44.3 Å². The lowest BCUT2D eigenvalue weighted by Crippen LogP contribution is -2.36. The van der Waals surface area contributed by atoms with E-state index >= 15 is 0 Å². The third-order valence-electron chi connectivity index (χ3n) is 3.56. The fourth-order valence-electron chi connectivity index (χ4n) is 2.33. The Bertz CT molecular complexity index is 619. The molecule has 0 aliphatic heterocycles. The molecule has 4 nitrogen and oxygen atoms in total. The van der Waals surface area contributed by atoms with Crippen molar-refractivity contribution in [2.45, 2.75) is 19.5 Å². The molecule has 0 saturated carbocycles. The normalized spacial score (nSPS) is 12.2. The Morgan fingerprint density at radius 1 is 1.09 bits per heavy atom. The molecule has 0 bridgehead atoms. The number of aryl methyl sites for hydroxylation is 1. The second kappa shape index (κ2) is 7.09. The SMILES string of the molecule is Cc1ccc(C(C(=O)NCc2ccc(O)cc2)N(C)C)cc1. The van der Waals surface area contributed by atoms with Crippen molar-refractivity contribution in [1.82, 2.24) is 10.2 Å². The molecule has 2 rings (SSSR count). The van der Waals surface area contributed by atoms with Gasteiger partial charge in [-0.1, -0.05) is 42.0 Å². The van der Waals surface area contributed by atoms with Crippen LogP contribution in [0.3, 0.4) is 0 Å². The first-order chi connectivity index (χ1) is 10.5. The maximum absolute atomic E-state index is 12.5. The maximum Gasteiger partial charge on any atom is 0.242 e. The standard InChI is InChI=1S/C18H22N2O2/c1-13-4-8-15(9-5-13)17(20(2)3)18(22)19-12-14-6-10-16(21)11-7-14/h4-11,17,21H,12H2,1-3H3,(H,19,22). The third kappa shape index (κ3) is 4.09. The zero-order valence-corrected chi connectivity index (χ0v) is 13.2. The van der Waals surface area contributed by atoms with E-state index in [9.17, 15) is 9.90 Å². The molecule has 0 aliphatic rings. The Labute approximate surface area is 131 Å². The number of hydrogen-bond acceptors (Lipinski definition) is 3. The second-order valence-corrected chi connectivity index (χ2v) is 5.66. The second-order valence-electron chi connectivity index (χ2n) is 5.66. The van der Waals surface area contributed by atoms with E-state index in [2.05, 4.69) is 5.32 Å². The summed E-state index contributed by atoms with van der Waals surface area (Å²) in [7, 11) is 3.79. The van der Waals surface area contributed by atoms with Gasteiger partial charge < -0.3 is 10.4 Å². The number of nitrogens with one attached hydrogen (secondary N) is 1. The summed E-state index contributed by atoms with van der Waals surface area (Å²) < 4.78 is 0. The van der Waals surface area contributed by atoms with Crippen molar-refractivity contribution in [3.63, 3.8) is 0 Å². The highest BCUT2D eigenvalue weighted by molar-refractivity contribution is 5.83. The molecule has 1 amide bonds. The molecule has 0 fully saturated rings. The van der Waals surface area contributed by atoms with Crippen LogP contribution in [0.5, 0.6) is 5.75 Å². The zero-order chi connectivity index (χ0) is 16.1. The Kier molecular flexibility index (Phi) is 5.17. The first-order valence-corrected chi connectivity index (χ1v) is 7.26. The average molecular weight is 298 g/mol. The number of nitrogens with zero attached hydrogens (tertiary/aromatic N) is 1. The number of aromatic hydroxyl groups is 1. The van der Waals surface area contributed by atoms with Crippen molar-refractivity contribution in [3.05, 3.63) is 65.2 Å². The van der Waals surface area contributed by atoms with Gasteiger partial charge in [-0.25, -0.2) is 0 Å². The van der Waals surface area contributed by atoms with Crippen molar-refractivity contribution < 1.29 is 9.90 Å². The van der Waals surface area contributed by atoms with E-state index in [1.165, 1.54) is 5.56 Å². The van der Waals surface area contributed by atoms with Gasteiger partial charge in [-0.2, -0.15) is 0 Å². The molecule has 116 valence electrons. The van der Waals surface area contributed by atoms with Gasteiger partial charge in [-0.15, -0.1) is 0 Å². The van der Waals surface area contributed by atoms with Crippen LogP contribution in [0.1, 0.15) is 22.7 Å². The minimum atomic E-state index is -0.322. The number of amides is 1. The molecule has 0 aromatic heterocycles. The van der Waals surface area contributed by atoms with Crippen LogP contribution in [0.25, 0.3) is 0 Å². The number of benzene rings is 2. The first kappa shape index (κ1) is 16.0. The van der Waals surface area contributed by atoms with Crippen molar-refractivity contribution in [2.75, 3.05) is 14.1 Å². The highest BCUT2D eigenvalue weighted by atomic mass is 16.3. The molecule has 0 saturated heterocycles. The van der Waals surface area contributed by atoms with E-state index in [-0.39, 0.29) is 17.7 Å². The van der Waals surface area contributed by atoms with Crippen LogP contribution in [0.15, 0.2) is 48.5 Å². The molecule has 0 aliphatic carbocycles. The van der Waals surface area contributed by atoms with Crippen LogP contribution in [0, 0.1) is 6.92 Å². The predicted octanol–water partition coefficient (Wildman–Crippen LogP) is 2.62. The van der Waals surface area contributed by atoms with Crippen molar-refractivity contribution >= 4 is 5.91 Å². The van der Waals surface area contributed by atoms with Crippen LogP contribution >= 0.6 is 0 Å². The molecule has 0 heterocycles. The third-order valence-corrected chi connectivity index (χ3v) is 3.56. The maximum atomic E-state index is 12.5. The van der Waals surface area contributed by atoms with Gasteiger partial charge >= 0.3 is 0 Å². The number of carbonyl (C=O) groups is 1. The lowest BCUT2D eigenvalue weighted by molar-refractivity contribution is -0.125. The van der Waals surface area contributed by atoms with Gasteiger partial charge in [0.05, 0.1) is 0 Å². The number of phenolic OH excluding ortho intramolecular Hbond substituents is 1. The summed E-state index contributed by atoms with van der Waals surface area (Å²) in [6, 6.07) is 14.5. The Hall–Kier alpha value is -2.33. The quantitative estimate of drug-likeness (QED) is 0.892. The zero-order valence-electron chi connectivity index (χ0n) is 13.2. The van der Waals surface area contributed by atoms with Gasteiger partial charge in [0.25, 0.3) is 0 Å². The van der Waals surface area contributed by atoms with Gasteiger partial charge in [0.15, 0.2) is 0 Å². The van der Waals surface area contributed by atoms with Gasteiger partial charge in [-0.3, -0.25) is 9.69 Å². The monoisotopic (exact) mass is 298 g/mol. The molecule has 1 unspecified atom stereocenters. The summed E-state index contributed by atoms with van der Waals surface area (Å²) in [5, 5.41) is 12.2. The van der Waals surface area contributed by atoms with Crippen molar-refractivity contribution in [2.24, 2.45) is 0 Å². The summed E-state index contributed by atoms with van der Waals surface area (Å²) in [5.74, 6) is 0.183. The predicted molar refractivity (Wildman–Crippen MR) is 87.6 cm³/mol. The fourth-order valence-corrected chi connectivity index (χ4v) is 2.33. The molecular formula is C18H22N2O2. The number of rotatable bonds is 5. The topological polar surface area (TPSA) is 52.6 Å². The molecule has 22 heavy (non-hydrogen) atoms. The summed E-state index contributed by atoms with van der Waals surface area (Å²) >= 11 is 0. The van der Waals surface area contributed by atoms with Crippen LogP contribution in [0.4, 0.5) is 0 Å². The Morgan fingerprint density at radius 3 is 2.23 bits per heavy atom. The molecule has 2 aromatic carbocycles. The molecular weight excluding hydrogens is 276 g/mol. The van der Waals surface area contributed by atoms with Gasteiger partial charge in [0, 0.05) is 6.54 Å². The van der Waals surface area contributed by atoms with Crippen LogP contribution in [-0.2, 0) is 11.3 Å². The minimum absolute atomic E-state index is 0.0399. The molecule has 2 aromatic rings. The number of hydrogen-bond donors (Lipinski definition) is 2. The van der Waals surface area contributed by atoms with E-state index in [0.29, 0.717) is 6.54 Å². The van der Waals surface area contributed by atoms with E-state index in [4.69, 9.17) is 0 Å². The van der Waals surface area contributed by atoms with Crippen LogP contribution < -0.4 is 5.32 Å². The van der Waals surface area contributed by atoms with Gasteiger partial charge in [0.2, 0.25) is 5.91 Å². The average Bonchev–Trinajstić information content (AvgIpc) is 2.48. The lowest BCUT2D eigenvalue weighted by atomic mass is 10.0. The Balaban J connectivity index is 2.06. The summed E-state index contributed by atoms with van der Waals surface area (Å²) in [6.45, 7) is 2.47. The highest BCUT2D eigenvalue weighted by Crippen LogP contribution is 2.19. The number of carbonyl (C=O) groups excluding carboxylic acids is 1. The molecule has 0 radical (unpaired) electrons. The molecule has 2 N–H and O–H groups in total. The summed E-state index contributed by atoms with van der Waals surface area (Å²) in [6.07, 6.45) is 0. The minimum Gasteiger partial charge on any atom is -0.508 e. The van der Waals surface area contributed by atoms with E-state index in [1.807, 2.05) is 50.2 Å². The van der Waals surface area contributed by atoms with Crippen molar-refractivity contribution in [3.8, 4) is 5.75 Å². The van der Waals surface area contributed by atoms with E-state index in [0.717, 1.165) is 11.1 Å². The van der Waals surface area contributed by atoms with Crippen molar-refractivity contribution in [1.29, 1.82) is 0 Å². The van der Waals surface area contributed by atoms with Crippen LogP contribution in [-0.4, -0.2) is 30.0 Å². The number of phenols is 1. The summed E-state index contributed by atoms with van der Waals surface area (Å²) in [4.78, 5) is 14.4. The van der Waals surface area contributed by atoms with E-state index in [1.54, 1.807) is 24.3 Å². The smallest absolute Gasteiger partial charge is 0.242 e. The molecule has 1 atom stereocenters. The highest BCUT2D eigenvalue weighted by Gasteiger charge is 2.22. The van der Waals surface area contributed by atoms with Gasteiger partial charge in [0.1, 0.15) is 11.8 Å². The number of likely N-dealkylation sites (N-methyl/N-ethyl adjacent to an activating group) is 1. The summed E-state index contributed by atoms with van der Waals surface area (Å²) in [5.41, 5.74) is 3.09. The van der Waals surface area contributed by atoms with E-state index < -0.39 is 0 Å². The van der Waals surface area contributed by atoms with Crippen LogP contribution in [0.2, 0.25) is 0 Å².